The van der Waals surface area contributed by atoms with Crippen LogP contribution in [0, 0.1) is 0 Å². The molecular weight excluding hydrogens is 394 g/mol. The first-order valence-corrected chi connectivity index (χ1v) is 10.2. The number of amides is 1. The molecule has 8 heteroatoms. The molecule has 1 amide bonds. The summed E-state index contributed by atoms with van der Waals surface area (Å²) >= 11 is 0. The van der Waals surface area contributed by atoms with Gasteiger partial charge >= 0.3 is 5.89 Å². The Bertz CT molecular complexity index is 1220. The highest BCUT2D eigenvalue weighted by Gasteiger charge is 2.24. The maximum atomic E-state index is 13.0. The zero-order chi connectivity index (χ0) is 21.8. The summed E-state index contributed by atoms with van der Waals surface area (Å²) in [4.78, 5) is 19.4. The van der Waals surface area contributed by atoms with Crippen molar-refractivity contribution < 1.29 is 18.2 Å². The van der Waals surface area contributed by atoms with E-state index < -0.39 is 0 Å². The first kappa shape index (κ1) is 20.6. The molecule has 160 valence electrons. The van der Waals surface area contributed by atoms with Crippen molar-refractivity contribution in [2.24, 2.45) is 7.05 Å². The molecule has 31 heavy (non-hydrogen) atoms. The molecule has 0 bridgehead atoms. The minimum Gasteiger partial charge on any atom is -0.465 e. The second-order valence-corrected chi connectivity index (χ2v) is 7.28. The number of carbonyl (C=O) groups excluding carboxylic acids is 1. The van der Waals surface area contributed by atoms with Crippen LogP contribution < -0.4 is 30.7 Å². The van der Waals surface area contributed by atoms with Crippen LogP contribution in [0.25, 0.3) is 18.2 Å². The first-order valence-electron chi connectivity index (χ1n) is 10.2. The zero-order valence-corrected chi connectivity index (χ0v) is 17.7. The van der Waals surface area contributed by atoms with Gasteiger partial charge in [0, 0.05) is 37.6 Å². The Morgan fingerprint density at radius 2 is 2.16 bits per heavy atom. The van der Waals surface area contributed by atoms with Crippen LogP contribution in [0.3, 0.4) is 0 Å². The standard InChI is InChI=1S/C23H25N5O3/c1-4-17(13-18-6-12-30-16(18)2)23-27(3)15-21(31-23)22(29)26-19-14-25-7-5-20(19)28-10-8-24-9-11-28/h4-7,12-15,24H,2,8-11H2,1,3H3/p+1. The number of nitrogens with zero attached hydrogens (tertiary/aromatic N) is 3. The predicted molar refractivity (Wildman–Crippen MR) is 119 cm³/mol. The highest BCUT2D eigenvalue weighted by molar-refractivity contribution is 6.04. The number of furan rings is 1. The fourth-order valence-corrected chi connectivity index (χ4v) is 3.57. The normalized spacial score (nSPS) is 15.4. The molecule has 1 aliphatic heterocycles. The number of pyridine rings is 1. The number of allylic oxidation sites excluding steroid dienone is 2. The third-order valence-electron chi connectivity index (χ3n) is 5.21. The van der Waals surface area contributed by atoms with E-state index in [9.17, 15) is 4.79 Å². The predicted octanol–water partition coefficient (Wildman–Crippen LogP) is 1.05. The molecule has 0 aromatic carbocycles. The molecule has 0 atom stereocenters. The molecule has 4 heterocycles. The first-order chi connectivity index (χ1) is 15.1. The van der Waals surface area contributed by atoms with Gasteiger partial charge in [0.2, 0.25) is 6.20 Å². The minimum atomic E-state index is -0.331. The van der Waals surface area contributed by atoms with Crippen molar-refractivity contribution in [2.45, 2.75) is 6.92 Å². The molecule has 2 N–H and O–H groups in total. The number of oxazole rings is 1. The van der Waals surface area contributed by atoms with Crippen LogP contribution in [-0.2, 0) is 7.05 Å². The molecule has 4 rings (SSSR count). The average molecular weight is 420 g/mol. The summed E-state index contributed by atoms with van der Waals surface area (Å²) in [6.07, 6.45) is 10.5. The van der Waals surface area contributed by atoms with Crippen LogP contribution in [0.1, 0.15) is 23.4 Å². The zero-order valence-electron chi connectivity index (χ0n) is 17.7. The minimum absolute atomic E-state index is 0.211. The summed E-state index contributed by atoms with van der Waals surface area (Å²) in [5, 5.41) is 7.14. The lowest BCUT2D eigenvalue weighted by molar-refractivity contribution is -0.676. The molecule has 8 nitrogen and oxygen atoms in total. The molecule has 0 aliphatic carbocycles. The van der Waals surface area contributed by atoms with E-state index >= 15 is 0 Å². The van der Waals surface area contributed by atoms with Crippen molar-refractivity contribution in [3.8, 4) is 0 Å². The van der Waals surface area contributed by atoms with Gasteiger partial charge in [0.05, 0.1) is 29.4 Å². The number of aromatic nitrogens is 2. The maximum absolute atomic E-state index is 13.0. The largest absolute Gasteiger partial charge is 0.465 e. The molecule has 3 aromatic rings. The number of hydrogen-bond acceptors (Lipinski definition) is 6. The van der Waals surface area contributed by atoms with E-state index in [0.717, 1.165) is 42.7 Å². The third-order valence-corrected chi connectivity index (χ3v) is 5.21. The molecule has 0 spiro atoms. The smallest absolute Gasteiger partial charge is 0.380 e. The van der Waals surface area contributed by atoms with Gasteiger partial charge in [-0.05, 0) is 25.1 Å². The summed E-state index contributed by atoms with van der Waals surface area (Å²) in [5.74, 6) is 0.437. The number of nitrogens with one attached hydrogen (secondary N) is 2. The Labute approximate surface area is 180 Å². The van der Waals surface area contributed by atoms with Gasteiger partial charge in [0.1, 0.15) is 12.5 Å². The Morgan fingerprint density at radius 3 is 2.87 bits per heavy atom. The highest BCUT2D eigenvalue weighted by Crippen LogP contribution is 2.25. The monoisotopic (exact) mass is 420 g/mol. The average Bonchev–Trinajstić information content (AvgIpc) is 3.38. The van der Waals surface area contributed by atoms with Gasteiger partial charge in [-0.3, -0.25) is 9.78 Å². The van der Waals surface area contributed by atoms with Crippen molar-refractivity contribution in [3.63, 3.8) is 0 Å². The van der Waals surface area contributed by atoms with Crippen LogP contribution in [0.15, 0.2) is 51.9 Å². The number of carbonyl (C=O) groups is 1. The second-order valence-electron chi connectivity index (χ2n) is 7.28. The summed E-state index contributed by atoms with van der Waals surface area (Å²) in [6.45, 7) is 9.33. The van der Waals surface area contributed by atoms with Crippen molar-refractivity contribution in [1.29, 1.82) is 0 Å². The summed E-state index contributed by atoms with van der Waals surface area (Å²) in [6, 6.07) is 3.76. The molecular formula is C23H26N5O3+. The molecule has 1 fully saturated rings. The fourth-order valence-electron chi connectivity index (χ4n) is 3.57. The lowest BCUT2D eigenvalue weighted by Gasteiger charge is -2.30. The van der Waals surface area contributed by atoms with Gasteiger partial charge in [-0.15, -0.1) is 0 Å². The van der Waals surface area contributed by atoms with E-state index in [1.165, 1.54) is 0 Å². The van der Waals surface area contributed by atoms with Gasteiger partial charge in [0.15, 0.2) is 0 Å². The molecule has 0 unspecified atom stereocenters. The molecule has 3 aromatic heterocycles. The Balaban J connectivity index is 1.59. The van der Waals surface area contributed by atoms with E-state index in [1.54, 1.807) is 29.4 Å². The van der Waals surface area contributed by atoms with Gasteiger partial charge in [-0.25, -0.2) is 0 Å². The quantitative estimate of drug-likeness (QED) is 0.600. The SMILES string of the molecule is C=c1occc1=CC(=CC)c1oc(C(=O)Nc2cnccc2N2CCNCC2)c[n+]1C. The van der Waals surface area contributed by atoms with E-state index in [-0.39, 0.29) is 11.7 Å². The third kappa shape index (κ3) is 4.44. The number of rotatable bonds is 5. The van der Waals surface area contributed by atoms with Gasteiger partial charge in [-0.2, -0.15) is 4.57 Å². The molecule has 0 saturated carbocycles. The van der Waals surface area contributed by atoms with Crippen molar-refractivity contribution >= 4 is 35.5 Å². The summed E-state index contributed by atoms with van der Waals surface area (Å²) in [7, 11) is 1.84. The van der Waals surface area contributed by atoms with Crippen LogP contribution in [-0.4, -0.2) is 37.1 Å². The van der Waals surface area contributed by atoms with Crippen LogP contribution >= 0.6 is 0 Å². The van der Waals surface area contributed by atoms with Crippen LogP contribution in [0.2, 0.25) is 0 Å². The number of anilines is 2. The van der Waals surface area contributed by atoms with E-state index in [0.29, 0.717) is 17.0 Å². The van der Waals surface area contributed by atoms with Crippen molar-refractivity contribution in [2.75, 3.05) is 36.4 Å². The topological polar surface area (TPSA) is 87.4 Å². The summed E-state index contributed by atoms with van der Waals surface area (Å²) < 4.78 is 13.0. The summed E-state index contributed by atoms with van der Waals surface area (Å²) in [5.41, 5.74) is 3.00. The maximum Gasteiger partial charge on any atom is 0.380 e. The Hall–Kier alpha value is -3.65. The Morgan fingerprint density at radius 1 is 1.35 bits per heavy atom. The fraction of sp³-hybridized carbons (Fsp3) is 0.261. The molecule has 0 radical (unpaired) electrons. The lowest BCUT2D eigenvalue weighted by Crippen LogP contribution is -2.43. The second kappa shape index (κ2) is 9.01. The van der Waals surface area contributed by atoms with E-state index in [4.69, 9.17) is 8.83 Å². The number of hydrogen-bond donors (Lipinski definition) is 2. The Kier molecular flexibility index (Phi) is 5.99. The van der Waals surface area contributed by atoms with Gasteiger partial charge in [0.25, 0.3) is 11.7 Å². The van der Waals surface area contributed by atoms with E-state index in [1.807, 2.05) is 38.3 Å². The van der Waals surface area contributed by atoms with Gasteiger partial charge in [-0.1, -0.05) is 12.7 Å². The molecule has 1 saturated heterocycles. The van der Waals surface area contributed by atoms with Crippen molar-refractivity contribution in [3.05, 3.63) is 65.3 Å². The molecule has 1 aliphatic rings. The highest BCUT2D eigenvalue weighted by atomic mass is 16.4. The number of aryl methyl sites for hydroxylation is 1. The van der Waals surface area contributed by atoms with Crippen LogP contribution in [0.5, 0.6) is 0 Å². The van der Waals surface area contributed by atoms with Gasteiger partial charge < -0.3 is 24.4 Å². The van der Waals surface area contributed by atoms with Crippen molar-refractivity contribution in [1.82, 2.24) is 10.3 Å². The number of piperazine rings is 1. The van der Waals surface area contributed by atoms with E-state index in [2.05, 4.69) is 27.1 Å². The lowest BCUT2D eigenvalue weighted by atomic mass is 10.2. The van der Waals surface area contributed by atoms with Crippen LogP contribution in [0.4, 0.5) is 11.4 Å².